The number of halogens is 1. The minimum Gasteiger partial charge on any atom is -0.378 e. The first-order valence-electron chi connectivity index (χ1n) is 3.73. The minimum atomic E-state index is -0.530. The minimum absolute atomic E-state index is 0. The van der Waals surface area contributed by atoms with Crippen LogP contribution in [0.15, 0.2) is 9.32 Å². The summed E-state index contributed by atoms with van der Waals surface area (Å²) in [4.78, 5) is 13.0. The third-order valence-corrected chi connectivity index (χ3v) is 1.71. The summed E-state index contributed by atoms with van der Waals surface area (Å²) >= 11 is 0. The van der Waals surface area contributed by atoms with Gasteiger partial charge in [0.25, 0.3) is 0 Å². The van der Waals surface area contributed by atoms with E-state index in [9.17, 15) is 4.79 Å². The van der Waals surface area contributed by atoms with E-state index in [-0.39, 0.29) is 18.4 Å². The lowest BCUT2D eigenvalue weighted by Crippen LogP contribution is -2.35. The van der Waals surface area contributed by atoms with E-state index in [1.54, 1.807) is 0 Å². The van der Waals surface area contributed by atoms with Crippen molar-refractivity contribution in [1.82, 2.24) is 15.5 Å². The van der Waals surface area contributed by atoms with Crippen LogP contribution in [0.2, 0.25) is 0 Å². The van der Waals surface area contributed by atoms with Gasteiger partial charge in [-0.25, -0.2) is 4.79 Å². The summed E-state index contributed by atoms with van der Waals surface area (Å²) in [6.07, 6.45) is 0. The second-order valence-corrected chi connectivity index (χ2v) is 2.56. The number of rotatable bonds is 1. The summed E-state index contributed by atoms with van der Waals surface area (Å²) in [5.41, 5.74) is 0. The number of morpholine rings is 1. The third kappa shape index (κ3) is 2.30. The van der Waals surface area contributed by atoms with Crippen molar-refractivity contribution in [2.45, 2.75) is 6.04 Å². The molecule has 0 radical (unpaired) electrons. The molecule has 0 bridgehead atoms. The van der Waals surface area contributed by atoms with Crippen LogP contribution in [0.4, 0.5) is 0 Å². The van der Waals surface area contributed by atoms with Crippen LogP contribution in [0.25, 0.3) is 0 Å². The molecule has 1 aliphatic heterocycles. The van der Waals surface area contributed by atoms with Gasteiger partial charge in [-0.3, -0.25) is 9.51 Å². The average Bonchev–Trinajstić information content (AvgIpc) is 2.54. The second kappa shape index (κ2) is 4.40. The summed E-state index contributed by atoms with van der Waals surface area (Å²) in [7, 11) is 0. The Morgan fingerprint density at radius 3 is 2.92 bits per heavy atom. The molecule has 1 fully saturated rings. The molecule has 0 amide bonds. The fraction of sp³-hybridized carbons (Fsp3) is 0.667. The van der Waals surface area contributed by atoms with Crippen molar-refractivity contribution < 1.29 is 9.26 Å². The average molecular weight is 208 g/mol. The number of aromatic nitrogens is 2. The molecular formula is C6H10ClN3O3. The van der Waals surface area contributed by atoms with E-state index in [1.165, 1.54) is 0 Å². The Morgan fingerprint density at radius 2 is 2.38 bits per heavy atom. The predicted octanol–water partition coefficient (Wildman–Crippen LogP) is -0.554. The van der Waals surface area contributed by atoms with Crippen LogP contribution in [0.5, 0.6) is 0 Å². The first kappa shape index (κ1) is 10.2. The van der Waals surface area contributed by atoms with Gasteiger partial charge in [-0.05, 0) is 0 Å². The van der Waals surface area contributed by atoms with Crippen molar-refractivity contribution in [3.8, 4) is 0 Å². The van der Waals surface area contributed by atoms with Gasteiger partial charge in [0.1, 0.15) is 0 Å². The summed E-state index contributed by atoms with van der Waals surface area (Å²) in [5.74, 6) is -0.0305. The van der Waals surface area contributed by atoms with Crippen molar-refractivity contribution in [2.24, 2.45) is 0 Å². The van der Waals surface area contributed by atoms with Gasteiger partial charge in [0.2, 0.25) is 0 Å². The van der Waals surface area contributed by atoms with Crippen molar-refractivity contribution >= 4 is 12.4 Å². The molecule has 1 atom stereocenters. The maximum Gasteiger partial charge on any atom is 0.438 e. The van der Waals surface area contributed by atoms with Gasteiger partial charge in [0.05, 0.1) is 19.3 Å². The number of hydrogen-bond donors (Lipinski definition) is 2. The fourth-order valence-corrected chi connectivity index (χ4v) is 1.13. The highest BCUT2D eigenvalue weighted by molar-refractivity contribution is 5.85. The summed E-state index contributed by atoms with van der Waals surface area (Å²) in [6, 6.07) is -0.0507. The Hall–Kier alpha value is -0.850. The highest BCUT2D eigenvalue weighted by Gasteiger charge is 2.18. The van der Waals surface area contributed by atoms with Gasteiger partial charge in [-0.2, -0.15) is 0 Å². The molecule has 0 spiro atoms. The Balaban J connectivity index is 0.000000845. The molecule has 1 aromatic rings. The van der Waals surface area contributed by atoms with Crippen LogP contribution < -0.4 is 11.1 Å². The molecule has 0 saturated carbocycles. The van der Waals surface area contributed by atoms with Crippen LogP contribution >= 0.6 is 12.4 Å². The van der Waals surface area contributed by atoms with Crippen LogP contribution in [0, 0.1) is 0 Å². The molecule has 1 aromatic heterocycles. The van der Waals surface area contributed by atoms with E-state index >= 15 is 0 Å². The highest BCUT2D eigenvalue weighted by atomic mass is 35.5. The smallest absolute Gasteiger partial charge is 0.378 e. The number of H-pyrrole nitrogens is 1. The maximum absolute atomic E-state index is 10.6. The Labute approximate surface area is 80.0 Å². The molecular weight excluding hydrogens is 198 g/mol. The van der Waals surface area contributed by atoms with E-state index in [4.69, 9.17) is 4.74 Å². The van der Waals surface area contributed by atoms with Gasteiger partial charge in [-0.15, -0.1) is 12.4 Å². The molecule has 13 heavy (non-hydrogen) atoms. The number of hydrogen-bond acceptors (Lipinski definition) is 5. The molecule has 1 saturated heterocycles. The molecule has 0 aromatic carbocycles. The standard InChI is InChI=1S/C6H9N3O3.ClH/c10-6-8-5(9-12-6)4-3-11-2-1-7-4;/h4,7H,1-3H2,(H,8,9,10);1H/t4-;/m0./s1. The molecule has 0 unspecified atom stereocenters. The van der Waals surface area contributed by atoms with E-state index in [2.05, 4.69) is 20.0 Å². The second-order valence-electron chi connectivity index (χ2n) is 2.56. The van der Waals surface area contributed by atoms with E-state index in [0.717, 1.165) is 6.54 Å². The summed E-state index contributed by atoms with van der Waals surface area (Å²) in [6.45, 7) is 1.97. The van der Waals surface area contributed by atoms with Crippen molar-refractivity contribution in [3.05, 3.63) is 16.4 Å². The van der Waals surface area contributed by atoms with Gasteiger partial charge in [0, 0.05) is 6.54 Å². The Bertz CT molecular complexity index is 304. The zero-order chi connectivity index (χ0) is 8.39. The number of aromatic amines is 1. The SMILES string of the molecule is Cl.O=c1[nH]c([C@@H]2COCCN2)no1. The molecule has 2 heterocycles. The number of nitrogens with one attached hydrogen (secondary N) is 2. The summed E-state index contributed by atoms with van der Waals surface area (Å²) in [5, 5.41) is 6.68. The van der Waals surface area contributed by atoms with E-state index < -0.39 is 5.76 Å². The third-order valence-electron chi connectivity index (χ3n) is 1.71. The first-order valence-corrected chi connectivity index (χ1v) is 3.73. The van der Waals surface area contributed by atoms with Crippen LogP contribution in [0.1, 0.15) is 11.9 Å². The lowest BCUT2D eigenvalue weighted by atomic mass is 10.3. The largest absolute Gasteiger partial charge is 0.438 e. The van der Waals surface area contributed by atoms with Crippen molar-refractivity contribution in [3.63, 3.8) is 0 Å². The van der Waals surface area contributed by atoms with Crippen LogP contribution in [0.3, 0.4) is 0 Å². The predicted molar refractivity (Wildman–Crippen MR) is 45.9 cm³/mol. The van der Waals surface area contributed by atoms with Gasteiger partial charge in [-0.1, -0.05) is 5.16 Å². The Morgan fingerprint density at radius 1 is 1.54 bits per heavy atom. The molecule has 6 nitrogen and oxygen atoms in total. The lowest BCUT2D eigenvalue weighted by Gasteiger charge is -2.20. The zero-order valence-electron chi connectivity index (χ0n) is 6.78. The zero-order valence-corrected chi connectivity index (χ0v) is 7.60. The molecule has 74 valence electrons. The Kier molecular flexibility index (Phi) is 3.47. The molecule has 7 heteroatoms. The maximum atomic E-state index is 10.6. The molecule has 1 aliphatic rings. The van der Waals surface area contributed by atoms with E-state index in [0.29, 0.717) is 19.0 Å². The summed E-state index contributed by atoms with van der Waals surface area (Å²) < 4.78 is 9.54. The normalized spacial score (nSPS) is 22.3. The quantitative estimate of drug-likeness (QED) is 0.646. The lowest BCUT2D eigenvalue weighted by molar-refractivity contribution is 0.0734. The number of nitrogens with zero attached hydrogens (tertiary/aromatic N) is 1. The number of ether oxygens (including phenoxy) is 1. The molecule has 0 aliphatic carbocycles. The van der Waals surface area contributed by atoms with Gasteiger partial charge >= 0.3 is 5.76 Å². The van der Waals surface area contributed by atoms with Crippen molar-refractivity contribution in [1.29, 1.82) is 0 Å². The van der Waals surface area contributed by atoms with Crippen LogP contribution in [-0.4, -0.2) is 29.9 Å². The monoisotopic (exact) mass is 207 g/mol. The molecule has 2 rings (SSSR count). The van der Waals surface area contributed by atoms with Gasteiger partial charge in [0.15, 0.2) is 5.82 Å². The van der Waals surface area contributed by atoms with Crippen molar-refractivity contribution in [2.75, 3.05) is 19.8 Å². The van der Waals surface area contributed by atoms with E-state index in [1.807, 2.05) is 0 Å². The fourth-order valence-electron chi connectivity index (χ4n) is 1.13. The topological polar surface area (TPSA) is 80.2 Å². The van der Waals surface area contributed by atoms with Gasteiger partial charge < -0.3 is 10.1 Å². The molecule has 2 N–H and O–H groups in total. The van der Waals surface area contributed by atoms with Crippen LogP contribution in [-0.2, 0) is 4.74 Å². The highest BCUT2D eigenvalue weighted by Crippen LogP contribution is 2.08. The first-order chi connectivity index (χ1) is 5.86.